The molecule has 0 aromatic heterocycles. The Morgan fingerprint density at radius 3 is 2.28 bits per heavy atom. The van der Waals surface area contributed by atoms with Crippen molar-refractivity contribution in [1.29, 1.82) is 0 Å². The molecule has 0 aliphatic carbocycles. The zero-order valence-electron chi connectivity index (χ0n) is 18.6. The minimum absolute atomic E-state index is 0.301. The molecular formula is C24H30ClF3N4. The Kier molecular flexibility index (Phi) is 6.89. The molecule has 0 N–H and O–H groups in total. The van der Waals surface area contributed by atoms with Gasteiger partial charge in [0.1, 0.15) is 0 Å². The van der Waals surface area contributed by atoms with Crippen LogP contribution in [0.2, 0.25) is 5.02 Å². The van der Waals surface area contributed by atoms with Crippen molar-refractivity contribution < 1.29 is 13.2 Å². The van der Waals surface area contributed by atoms with Crippen molar-refractivity contribution in [2.24, 2.45) is 0 Å². The van der Waals surface area contributed by atoms with Gasteiger partial charge in [0.05, 0.1) is 5.56 Å². The average molecular weight is 467 g/mol. The van der Waals surface area contributed by atoms with Gasteiger partial charge in [-0.05, 0) is 68.0 Å². The third-order valence-electron chi connectivity index (χ3n) is 6.67. The van der Waals surface area contributed by atoms with Crippen LogP contribution in [-0.2, 0) is 12.7 Å². The SMILES string of the molecule is CN1CCC(N(C)c2ccc(C(F)(F)F)c(CN3CCN(c4ccc(Cl)cc4)CC3)c2)C1. The Bertz CT molecular complexity index is 910. The molecule has 2 heterocycles. The summed E-state index contributed by atoms with van der Waals surface area (Å²) in [6.07, 6.45) is -3.33. The Morgan fingerprint density at radius 1 is 1.00 bits per heavy atom. The van der Waals surface area contributed by atoms with E-state index >= 15 is 0 Å². The lowest BCUT2D eigenvalue weighted by Crippen LogP contribution is -2.46. The number of halogens is 4. The van der Waals surface area contributed by atoms with Crippen LogP contribution in [0.5, 0.6) is 0 Å². The van der Waals surface area contributed by atoms with Crippen molar-refractivity contribution in [1.82, 2.24) is 9.80 Å². The lowest BCUT2D eigenvalue weighted by Gasteiger charge is -2.36. The number of hydrogen-bond acceptors (Lipinski definition) is 4. The first kappa shape index (κ1) is 23.2. The summed E-state index contributed by atoms with van der Waals surface area (Å²) < 4.78 is 41.2. The number of hydrogen-bond donors (Lipinski definition) is 0. The van der Waals surface area contributed by atoms with E-state index in [4.69, 9.17) is 11.6 Å². The fourth-order valence-corrected chi connectivity index (χ4v) is 4.83. The van der Waals surface area contributed by atoms with Crippen molar-refractivity contribution in [2.75, 3.05) is 63.2 Å². The predicted molar refractivity (Wildman–Crippen MR) is 125 cm³/mol. The van der Waals surface area contributed by atoms with E-state index in [1.165, 1.54) is 6.07 Å². The van der Waals surface area contributed by atoms with Crippen molar-refractivity contribution in [3.63, 3.8) is 0 Å². The summed E-state index contributed by atoms with van der Waals surface area (Å²) in [5.74, 6) is 0. The fraction of sp³-hybridized carbons (Fsp3) is 0.500. The van der Waals surface area contributed by atoms with Gasteiger partial charge in [0.15, 0.2) is 0 Å². The topological polar surface area (TPSA) is 13.0 Å². The second kappa shape index (κ2) is 9.49. The number of piperazine rings is 1. The van der Waals surface area contributed by atoms with Crippen LogP contribution < -0.4 is 9.80 Å². The third-order valence-corrected chi connectivity index (χ3v) is 6.93. The average Bonchev–Trinajstić information content (AvgIpc) is 3.20. The number of likely N-dealkylation sites (N-methyl/N-ethyl adjacent to an activating group) is 2. The van der Waals surface area contributed by atoms with Gasteiger partial charge in [0.2, 0.25) is 0 Å². The Labute approximate surface area is 193 Å². The number of likely N-dealkylation sites (tertiary alicyclic amines) is 1. The van der Waals surface area contributed by atoms with Crippen molar-refractivity contribution >= 4 is 23.0 Å². The summed E-state index contributed by atoms with van der Waals surface area (Å²) in [5, 5.41) is 0.696. The molecule has 2 aliphatic rings. The van der Waals surface area contributed by atoms with Crippen LogP contribution in [-0.4, -0.2) is 69.2 Å². The molecule has 2 aromatic rings. The molecule has 174 valence electrons. The van der Waals surface area contributed by atoms with E-state index in [-0.39, 0.29) is 0 Å². The van der Waals surface area contributed by atoms with Crippen LogP contribution in [0.15, 0.2) is 42.5 Å². The first-order valence-corrected chi connectivity index (χ1v) is 11.4. The van der Waals surface area contributed by atoms with Crippen LogP contribution >= 0.6 is 11.6 Å². The van der Waals surface area contributed by atoms with E-state index in [0.29, 0.717) is 36.3 Å². The largest absolute Gasteiger partial charge is 0.416 e. The van der Waals surface area contributed by atoms with Gasteiger partial charge in [-0.1, -0.05) is 11.6 Å². The smallest absolute Gasteiger partial charge is 0.370 e. The van der Waals surface area contributed by atoms with Gasteiger partial charge in [0, 0.05) is 68.8 Å². The summed E-state index contributed by atoms with van der Waals surface area (Å²) in [7, 11) is 4.07. The molecule has 2 saturated heterocycles. The number of alkyl halides is 3. The lowest BCUT2D eigenvalue weighted by atomic mass is 10.0. The number of nitrogens with zero attached hydrogens (tertiary/aromatic N) is 4. The van der Waals surface area contributed by atoms with E-state index < -0.39 is 11.7 Å². The standard InChI is InChI=1S/C24H30ClF3N4/c1-29-10-9-22(17-29)30(2)21-7-8-23(24(26,27)28)18(15-21)16-31-11-13-32(14-12-31)20-5-3-19(25)4-6-20/h3-8,15,22H,9-14,16-17H2,1-2H3. The number of benzene rings is 2. The predicted octanol–water partition coefficient (Wildman–Crippen LogP) is 4.82. The summed E-state index contributed by atoms with van der Waals surface area (Å²) in [4.78, 5) is 8.75. The van der Waals surface area contributed by atoms with Crippen molar-refractivity contribution in [3.05, 3.63) is 58.6 Å². The maximum absolute atomic E-state index is 13.7. The Balaban J connectivity index is 1.47. The van der Waals surface area contributed by atoms with Crippen LogP contribution in [0.1, 0.15) is 17.5 Å². The van der Waals surface area contributed by atoms with E-state index in [0.717, 1.165) is 44.0 Å². The molecule has 1 unspecified atom stereocenters. The fourth-order valence-electron chi connectivity index (χ4n) is 4.70. The highest BCUT2D eigenvalue weighted by atomic mass is 35.5. The normalized spacial score (nSPS) is 20.7. The molecule has 0 spiro atoms. The van der Waals surface area contributed by atoms with Crippen molar-refractivity contribution in [2.45, 2.75) is 25.2 Å². The zero-order chi connectivity index (χ0) is 22.9. The van der Waals surface area contributed by atoms with E-state index in [1.807, 2.05) is 31.3 Å². The second-order valence-corrected chi connectivity index (χ2v) is 9.33. The molecule has 0 radical (unpaired) electrons. The molecule has 32 heavy (non-hydrogen) atoms. The highest BCUT2D eigenvalue weighted by Crippen LogP contribution is 2.35. The molecule has 0 saturated carbocycles. The molecule has 2 aromatic carbocycles. The minimum atomic E-state index is -4.36. The van der Waals surface area contributed by atoms with Crippen LogP contribution in [0, 0.1) is 0 Å². The molecule has 4 nitrogen and oxygen atoms in total. The lowest BCUT2D eigenvalue weighted by molar-refractivity contribution is -0.138. The van der Waals surface area contributed by atoms with Gasteiger partial charge >= 0.3 is 6.18 Å². The van der Waals surface area contributed by atoms with Crippen molar-refractivity contribution in [3.8, 4) is 0 Å². The minimum Gasteiger partial charge on any atom is -0.370 e. The third kappa shape index (κ3) is 5.33. The maximum Gasteiger partial charge on any atom is 0.416 e. The second-order valence-electron chi connectivity index (χ2n) is 8.89. The quantitative estimate of drug-likeness (QED) is 0.626. The number of rotatable bonds is 5. The summed E-state index contributed by atoms with van der Waals surface area (Å²) >= 11 is 5.97. The van der Waals surface area contributed by atoms with Crippen LogP contribution in [0.4, 0.5) is 24.5 Å². The molecule has 0 bridgehead atoms. The monoisotopic (exact) mass is 466 g/mol. The van der Waals surface area contributed by atoms with E-state index in [1.54, 1.807) is 12.1 Å². The molecule has 2 fully saturated rings. The number of anilines is 2. The van der Waals surface area contributed by atoms with Gasteiger partial charge < -0.3 is 14.7 Å². The molecule has 1 atom stereocenters. The highest BCUT2D eigenvalue weighted by molar-refractivity contribution is 6.30. The first-order valence-electron chi connectivity index (χ1n) is 11.0. The maximum atomic E-state index is 13.7. The van der Waals surface area contributed by atoms with Gasteiger partial charge in [-0.15, -0.1) is 0 Å². The van der Waals surface area contributed by atoms with Gasteiger partial charge in [0.25, 0.3) is 0 Å². The van der Waals surface area contributed by atoms with Gasteiger partial charge in [-0.3, -0.25) is 4.90 Å². The van der Waals surface area contributed by atoms with Crippen LogP contribution in [0.3, 0.4) is 0 Å². The summed E-state index contributed by atoms with van der Waals surface area (Å²) in [5.41, 5.74) is 1.77. The summed E-state index contributed by atoms with van der Waals surface area (Å²) in [6, 6.07) is 12.6. The van der Waals surface area contributed by atoms with Gasteiger partial charge in [-0.2, -0.15) is 13.2 Å². The molecule has 4 rings (SSSR count). The Hall–Kier alpha value is -1.96. The van der Waals surface area contributed by atoms with E-state index in [9.17, 15) is 13.2 Å². The summed E-state index contributed by atoms with van der Waals surface area (Å²) in [6.45, 7) is 5.23. The highest BCUT2D eigenvalue weighted by Gasteiger charge is 2.34. The van der Waals surface area contributed by atoms with E-state index in [2.05, 4.69) is 26.6 Å². The van der Waals surface area contributed by atoms with Crippen LogP contribution in [0.25, 0.3) is 0 Å². The van der Waals surface area contributed by atoms with Gasteiger partial charge in [-0.25, -0.2) is 0 Å². The zero-order valence-corrected chi connectivity index (χ0v) is 19.3. The first-order chi connectivity index (χ1) is 15.2. The Morgan fingerprint density at radius 2 is 1.69 bits per heavy atom. The molecule has 2 aliphatic heterocycles. The molecule has 0 amide bonds. The molecular weight excluding hydrogens is 437 g/mol. The molecule has 8 heteroatoms.